The molecule has 5 rings (SSSR count). The molecule has 2 aromatic rings. The highest BCUT2D eigenvalue weighted by atomic mass is 32.2. The van der Waals surface area contributed by atoms with Crippen LogP contribution in [0.1, 0.15) is 37.8 Å². The molecule has 0 radical (unpaired) electrons. The van der Waals surface area contributed by atoms with Crippen molar-refractivity contribution in [2.75, 3.05) is 18.2 Å². The molecule has 2 aromatic carbocycles. The van der Waals surface area contributed by atoms with Gasteiger partial charge in [0, 0.05) is 31.7 Å². The zero-order valence-electron chi connectivity index (χ0n) is 19.1. The summed E-state index contributed by atoms with van der Waals surface area (Å²) in [4.78, 5) is 26.8. The van der Waals surface area contributed by atoms with Gasteiger partial charge in [-0.25, -0.2) is 8.42 Å². The van der Waals surface area contributed by atoms with Crippen LogP contribution in [0.4, 0.5) is 5.69 Å². The summed E-state index contributed by atoms with van der Waals surface area (Å²) >= 11 is 0. The Hall–Kier alpha value is -3.11. The van der Waals surface area contributed by atoms with Crippen molar-refractivity contribution >= 4 is 27.5 Å². The highest BCUT2D eigenvalue weighted by molar-refractivity contribution is 7.89. The van der Waals surface area contributed by atoms with E-state index in [2.05, 4.69) is 5.32 Å². The molecule has 2 unspecified atom stereocenters. The molecule has 2 amide bonds. The van der Waals surface area contributed by atoms with Crippen LogP contribution in [0.15, 0.2) is 41.3 Å². The summed E-state index contributed by atoms with van der Waals surface area (Å²) in [6, 6.07) is 9.52. The number of hydrogen-bond donors (Lipinski definition) is 1. The fourth-order valence-electron chi connectivity index (χ4n) is 5.03. The predicted octanol–water partition coefficient (Wildman–Crippen LogP) is 2.18. The van der Waals surface area contributed by atoms with Gasteiger partial charge in [-0.05, 0) is 67.6 Å². The van der Waals surface area contributed by atoms with Gasteiger partial charge in [0.25, 0.3) is 0 Å². The van der Waals surface area contributed by atoms with Crippen LogP contribution in [0.2, 0.25) is 0 Å². The van der Waals surface area contributed by atoms with Crippen LogP contribution in [-0.4, -0.2) is 50.0 Å². The van der Waals surface area contributed by atoms with Crippen molar-refractivity contribution in [2.45, 2.75) is 56.6 Å². The predicted molar refractivity (Wildman–Crippen MR) is 124 cm³/mol. The summed E-state index contributed by atoms with van der Waals surface area (Å²) in [7, 11) is -3.87. The van der Waals surface area contributed by atoms with E-state index in [9.17, 15) is 18.0 Å². The molecular formula is C24H27N3O6S. The van der Waals surface area contributed by atoms with E-state index in [-0.39, 0.29) is 42.6 Å². The van der Waals surface area contributed by atoms with Gasteiger partial charge in [-0.2, -0.15) is 4.31 Å². The number of sulfonamides is 1. The van der Waals surface area contributed by atoms with E-state index < -0.39 is 16.1 Å². The van der Waals surface area contributed by atoms with E-state index in [1.54, 1.807) is 23.1 Å². The average molecular weight is 486 g/mol. The molecule has 1 N–H and O–H groups in total. The molecule has 2 atom stereocenters. The van der Waals surface area contributed by atoms with Crippen LogP contribution >= 0.6 is 0 Å². The third kappa shape index (κ3) is 3.90. The van der Waals surface area contributed by atoms with Gasteiger partial charge < -0.3 is 19.7 Å². The van der Waals surface area contributed by atoms with Gasteiger partial charge in [0.15, 0.2) is 11.5 Å². The molecule has 0 bridgehead atoms. The van der Waals surface area contributed by atoms with Crippen molar-refractivity contribution in [1.82, 2.24) is 9.62 Å². The lowest BCUT2D eigenvalue weighted by molar-refractivity contribution is -0.124. The second-order valence-electron chi connectivity index (χ2n) is 8.91. The number of nitrogens with one attached hydrogen (secondary N) is 1. The van der Waals surface area contributed by atoms with E-state index in [0.717, 1.165) is 16.8 Å². The fraction of sp³-hybridized carbons (Fsp3) is 0.417. The number of carbonyl (C=O) groups excluding carboxylic acids is 2. The van der Waals surface area contributed by atoms with Crippen molar-refractivity contribution in [1.29, 1.82) is 0 Å². The first-order valence-electron chi connectivity index (χ1n) is 11.4. The van der Waals surface area contributed by atoms with Crippen molar-refractivity contribution in [2.24, 2.45) is 0 Å². The first kappa shape index (κ1) is 22.7. The van der Waals surface area contributed by atoms with Crippen LogP contribution in [-0.2, 0) is 32.6 Å². The number of amides is 2. The van der Waals surface area contributed by atoms with Gasteiger partial charge in [-0.1, -0.05) is 6.07 Å². The van der Waals surface area contributed by atoms with Crippen molar-refractivity contribution in [3.63, 3.8) is 0 Å². The minimum atomic E-state index is -3.87. The maximum absolute atomic E-state index is 13.5. The molecule has 1 saturated heterocycles. The molecule has 3 heterocycles. The Morgan fingerprint density at radius 2 is 1.91 bits per heavy atom. The van der Waals surface area contributed by atoms with Crippen LogP contribution < -0.4 is 19.7 Å². The van der Waals surface area contributed by atoms with Crippen LogP contribution in [0.3, 0.4) is 0 Å². The minimum Gasteiger partial charge on any atom is -0.454 e. The molecule has 9 nitrogen and oxygen atoms in total. The van der Waals surface area contributed by atoms with Crippen LogP contribution in [0, 0.1) is 0 Å². The zero-order valence-corrected chi connectivity index (χ0v) is 19.9. The van der Waals surface area contributed by atoms with E-state index in [1.165, 1.54) is 17.3 Å². The van der Waals surface area contributed by atoms with Gasteiger partial charge in [0.2, 0.25) is 28.6 Å². The maximum atomic E-state index is 13.5. The molecule has 3 aliphatic heterocycles. The normalized spacial score (nSPS) is 21.5. The van der Waals surface area contributed by atoms with Crippen molar-refractivity contribution in [3.05, 3.63) is 47.5 Å². The Balaban J connectivity index is 1.31. The highest BCUT2D eigenvalue weighted by Crippen LogP contribution is 2.36. The fourth-order valence-corrected chi connectivity index (χ4v) is 6.74. The number of hydrogen-bond acceptors (Lipinski definition) is 6. The number of carbonyl (C=O) groups is 2. The van der Waals surface area contributed by atoms with E-state index in [0.29, 0.717) is 30.8 Å². The third-order valence-corrected chi connectivity index (χ3v) is 8.53. The lowest BCUT2D eigenvalue weighted by Gasteiger charge is -2.24. The summed E-state index contributed by atoms with van der Waals surface area (Å²) < 4.78 is 38.9. The average Bonchev–Trinajstić information content (AvgIpc) is 3.53. The Kier molecular flexibility index (Phi) is 5.73. The molecule has 3 aliphatic rings. The molecule has 1 fully saturated rings. The summed E-state index contributed by atoms with van der Waals surface area (Å²) in [5.41, 5.74) is 2.41. The summed E-state index contributed by atoms with van der Waals surface area (Å²) in [6.45, 7) is 4.17. The molecule has 0 spiro atoms. The quantitative estimate of drug-likeness (QED) is 0.696. The van der Waals surface area contributed by atoms with E-state index >= 15 is 0 Å². The summed E-state index contributed by atoms with van der Waals surface area (Å²) in [6.07, 6.45) is 1.67. The van der Waals surface area contributed by atoms with E-state index in [1.807, 2.05) is 19.1 Å². The standard InChI is InChI=1S/C24H27N3O6S/c1-15-10-18-12-19(6-7-20(18)27(15)16(2)28)34(30,31)26-9-3-4-21(26)24(29)25-13-17-5-8-22-23(11-17)33-14-32-22/h5-8,11-12,15,21H,3-4,9-10,13-14H2,1-2H3,(H,25,29). The third-order valence-electron chi connectivity index (χ3n) is 6.62. The molecule has 34 heavy (non-hydrogen) atoms. The lowest BCUT2D eigenvalue weighted by Crippen LogP contribution is -2.45. The van der Waals surface area contributed by atoms with Crippen molar-refractivity contribution in [3.8, 4) is 11.5 Å². The molecule has 0 aromatic heterocycles. The Morgan fingerprint density at radius 3 is 2.71 bits per heavy atom. The number of nitrogens with zero attached hydrogens (tertiary/aromatic N) is 2. The summed E-state index contributed by atoms with van der Waals surface area (Å²) in [5, 5.41) is 2.87. The monoisotopic (exact) mass is 485 g/mol. The van der Waals surface area contributed by atoms with Crippen LogP contribution in [0.25, 0.3) is 0 Å². The first-order valence-corrected chi connectivity index (χ1v) is 12.8. The minimum absolute atomic E-state index is 0.0213. The van der Waals surface area contributed by atoms with Gasteiger partial charge in [-0.3, -0.25) is 9.59 Å². The number of ether oxygens (including phenoxy) is 2. The smallest absolute Gasteiger partial charge is 0.243 e. The first-order chi connectivity index (χ1) is 16.3. The van der Waals surface area contributed by atoms with Crippen LogP contribution in [0.5, 0.6) is 11.5 Å². The lowest BCUT2D eigenvalue weighted by atomic mass is 10.1. The Labute approximate surface area is 198 Å². The largest absolute Gasteiger partial charge is 0.454 e. The van der Waals surface area contributed by atoms with E-state index in [4.69, 9.17) is 9.47 Å². The number of anilines is 1. The van der Waals surface area contributed by atoms with Gasteiger partial charge in [-0.15, -0.1) is 0 Å². The topological polar surface area (TPSA) is 105 Å². The zero-order chi connectivity index (χ0) is 24.0. The Morgan fingerprint density at radius 1 is 1.12 bits per heavy atom. The highest BCUT2D eigenvalue weighted by Gasteiger charge is 2.40. The number of benzene rings is 2. The second kappa shape index (κ2) is 8.59. The molecule has 180 valence electrons. The number of rotatable bonds is 5. The van der Waals surface area contributed by atoms with Crippen molar-refractivity contribution < 1.29 is 27.5 Å². The van der Waals surface area contributed by atoms with Gasteiger partial charge in [0.05, 0.1) is 4.90 Å². The second-order valence-corrected chi connectivity index (χ2v) is 10.8. The number of fused-ring (bicyclic) bond motifs is 2. The molecular weight excluding hydrogens is 458 g/mol. The SMILES string of the molecule is CC(=O)N1c2ccc(S(=O)(=O)N3CCCC3C(=O)NCc3ccc4c(c3)OCO4)cc2CC1C. The molecule has 0 saturated carbocycles. The Bertz CT molecular complexity index is 1260. The molecule has 10 heteroatoms. The maximum Gasteiger partial charge on any atom is 0.243 e. The van der Waals surface area contributed by atoms with Gasteiger partial charge in [0.1, 0.15) is 6.04 Å². The molecule has 0 aliphatic carbocycles. The van der Waals surface area contributed by atoms with Gasteiger partial charge >= 0.3 is 0 Å². The summed E-state index contributed by atoms with van der Waals surface area (Å²) in [5.74, 6) is 0.904.